The average Bonchev–Trinajstić information content (AvgIpc) is 2.53. The molecule has 5 nitrogen and oxygen atoms in total. The van der Waals surface area contributed by atoms with Gasteiger partial charge in [0.15, 0.2) is 0 Å². The van der Waals surface area contributed by atoms with Gasteiger partial charge in [0, 0.05) is 43.1 Å². The lowest BCUT2D eigenvalue weighted by Crippen LogP contribution is -2.46. The Balaban J connectivity index is 1.94. The largest absolute Gasteiger partial charge is 0.388 e. The fraction of sp³-hybridized carbons (Fsp3) is 0.625. The molecule has 1 aliphatic heterocycles. The second-order valence-electron chi connectivity index (χ2n) is 6.19. The lowest BCUT2D eigenvalue weighted by atomic mass is 9.78. The summed E-state index contributed by atoms with van der Waals surface area (Å²) in [4.78, 5) is 13.3. The number of nitrogens with zero attached hydrogens (tertiary/aromatic N) is 2. The Kier molecular flexibility index (Phi) is 3.99. The standard InChI is InChI=1S/C16H23N3O2/c1-17-13-9-14(11-15(10-13)19(20)21)18-8-4-6-12-5-2-3-7-16(12)18/h9-12,16-17H,2-8H2,1H3/t12-,16-/m1/s1. The summed E-state index contributed by atoms with van der Waals surface area (Å²) in [5, 5.41) is 14.2. The van der Waals surface area contributed by atoms with Crippen LogP contribution in [0.15, 0.2) is 18.2 Å². The number of hydrogen-bond donors (Lipinski definition) is 1. The van der Waals surface area contributed by atoms with Crippen LogP contribution in [-0.2, 0) is 0 Å². The van der Waals surface area contributed by atoms with Gasteiger partial charge in [-0.2, -0.15) is 0 Å². The van der Waals surface area contributed by atoms with Gasteiger partial charge in [-0.25, -0.2) is 0 Å². The maximum Gasteiger partial charge on any atom is 0.273 e. The van der Waals surface area contributed by atoms with Gasteiger partial charge in [-0.3, -0.25) is 10.1 Å². The molecule has 0 aromatic heterocycles. The molecule has 0 spiro atoms. The summed E-state index contributed by atoms with van der Waals surface area (Å²) in [6.45, 7) is 1.02. The number of fused-ring (bicyclic) bond motifs is 1. The van der Waals surface area contributed by atoms with Crippen LogP contribution in [0.4, 0.5) is 17.1 Å². The predicted molar refractivity (Wildman–Crippen MR) is 85.0 cm³/mol. The maximum atomic E-state index is 11.1. The monoisotopic (exact) mass is 289 g/mol. The molecular formula is C16H23N3O2. The fourth-order valence-electron chi connectivity index (χ4n) is 3.96. The van der Waals surface area contributed by atoms with Crippen molar-refractivity contribution in [3.8, 4) is 0 Å². The molecule has 0 bridgehead atoms. The van der Waals surface area contributed by atoms with Crippen molar-refractivity contribution in [2.45, 2.75) is 44.6 Å². The molecule has 1 aromatic carbocycles. The van der Waals surface area contributed by atoms with Gasteiger partial charge in [0.2, 0.25) is 0 Å². The molecule has 0 unspecified atom stereocenters. The summed E-state index contributed by atoms with van der Waals surface area (Å²) < 4.78 is 0. The first-order valence-corrected chi connectivity index (χ1v) is 7.93. The van der Waals surface area contributed by atoms with E-state index in [9.17, 15) is 10.1 Å². The van der Waals surface area contributed by atoms with Crippen LogP contribution in [0.2, 0.25) is 0 Å². The van der Waals surface area contributed by atoms with Crippen LogP contribution in [0.25, 0.3) is 0 Å². The number of non-ortho nitro benzene ring substituents is 1. The minimum atomic E-state index is -0.299. The van der Waals surface area contributed by atoms with Crippen LogP contribution in [0.1, 0.15) is 38.5 Å². The average molecular weight is 289 g/mol. The zero-order valence-corrected chi connectivity index (χ0v) is 12.5. The van der Waals surface area contributed by atoms with E-state index >= 15 is 0 Å². The minimum Gasteiger partial charge on any atom is -0.388 e. The molecule has 21 heavy (non-hydrogen) atoms. The van der Waals surface area contributed by atoms with Crippen LogP contribution < -0.4 is 10.2 Å². The van der Waals surface area contributed by atoms with Crippen molar-refractivity contribution in [2.75, 3.05) is 23.8 Å². The zero-order valence-electron chi connectivity index (χ0n) is 12.5. The van der Waals surface area contributed by atoms with Gasteiger partial charge in [-0.15, -0.1) is 0 Å². The summed E-state index contributed by atoms with van der Waals surface area (Å²) in [7, 11) is 1.81. The summed E-state index contributed by atoms with van der Waals surface area (Å²) in [6, 6.07) is 5.95. The highest BCUT2D eigenvalue weighted by Gasteiger charge is 2.33. The number of rotatable bonds is 3. The maximum absolute atomic E-state index is 11.1. The second-order valence-corrected chi connectivity index (χ2v) is 6.19. The van der Waals surface area contributed by atoms with E-state index in [1.54, 1.807) is 12.1 Å². The molecule has 2 aliphatic rings. The Morgan fingerprint density at radius 2 is 1.95 bits per heavy atom. The van der Waals surface area contributed by atoms with Gasteiger partial charge >= 0.3 is 0 Å². The Hall–Kier alpha value is -1.78. The summed E-state index contributed by atoms with van der Waals surface area (Å²) in [5.74, 6) is 0.768. The molecule has 114 valence electrons. The van der Waals surface area contributed by atoms with Crippen LogP contribution in [-0.4, -0.2) is 24.6 Å². The van der Waals surface area contributed by atoms with E-state index in [4.69, 9.17) is 0 Å². The minimum absolute atomic E-state index is 0.176. The molecule has 0 radical (unpaired) electrons. The number of nitrogens with one attached hydrogen (secondary N) is 1. The van der Waals surface area contributed by atoms with E-state index in [1.165, 1.54) is 38.5 Å². The lowest BCUT2D eigenvalue weighted by Gasteiger charge is -2.45. The molecule has 1 saturated carbocycles. The Labute approximate surface area is 125 Å². The van der Waals surface area contributed by atoms with Gasteiger partial charge < -0.3 is 10.2 Å². The second kappa shape index (κ2) is 5.92. The first kappa shape index (κ1) is 14.2. The molecular weight excluding hydrogens is 266 g/mol. The molecule has 2 atom stereocenters. The van der Waals surface area contributed by atoms with Crippen molar-refractivity contribution < 1.29 is 4.92 Å². The van der Waals surface area contributed by atoms with Gasteiger partial charge in [0.25, 0.3) is 5.69 Å². The fourth-order valence-corrected chi connectivity index (χ4v) is 3.96. The molecule has 1 aromatic rings. The number of nitro groups is 1. The third-order valence-electron chi connectivity index (χ3n) is 4.98. The van der Waals surface area contributed by atoms with Crippen molar-refractivity contribution in [2.24, 2.45) is 5.92 Å². The molecule has 2 fully saturated rings. The predicted octanol–water partition coefficient (Wildman–Crippen LogP) is 3.80. The van der Waals surface area contributed by atoms with E-state index in [2.05, 4.69) is 10.2 Å². The third kappa shape index (κ3) is 2.82. The van der Waals surface area contributed by atoms with Crippen molar-refractivity contribution in [3.63, 3.8) is 0 Å². The Bertz CT molecular complexity index is 530. The Morgan fingerprint density at radius 1 is 1.19 bits per heavy atom. The van der Waals surface area contributed by atoms with E-state index in [0.29, 0.717) is 6.04 Å². The normalized spacial score (nSPS) is 25.3. The molecule has 3 rings (SSSR count). The van der Waals surface area contributed by atoms with Crippen LogP contribution in [0.3, 0.4) is 0 Å². The van der Waals surface area contributed by atoms with Gasteiger partial charge in [0.1, 0.15) is 0 Å². The van der Waals surface area contributed by atoms with E-state index in [1.807, 2.05) is 13.1 Å². The quantitative estimate of drug-likeness (QED) is 0.679. The number of hydrogen-bond acceptors (Lipinski definition) is 4. The van der Waals surface area contributed by atoms with E-state index < -0.39 is 0 Å². The van der Waals surface area contributed by atoms with Crippen molar-refractivity contribution in [1.82, 2.24) is 0 Å². The van der Waals surface area contributed by atoms with Crippen LogP contribution in [0, 0.1) is 16.0 Å². The smallest absolute Gasteiger partial charge is 0.273 e. The summed E-state index contributed by atoms with van der Waals surface area (Å²) in [5.41, 5.74) is 2.00. The molecule has 1 N–H and O–H groups in total. The Morgan fingerprint density at radius 3 is 2.71 bits per heavy atom. The van der Waals surface area contributed by atoms with Crippen LogP contribution in [0.5, 0.6) is 0 Å². The number of piperidine rings is 1. The van der Waals surface area contributed by atoms with E-state index in [-0.39, 0.29) is 10.6 Å². The first-order chi connectivity index (χ1) is 10.2. The molecule has 0 amide bonds. The molecule has 1 saturated heterocycles. The highest BCUT2D eigenvalue weighted by Crippen LogP contribution is 2.39. The summed E-state index contributed by atoms with van der Waals surface area (Å²) in [6.07, 6.45) is 7.67. The first-order valence-electron chi connectivity index (χ1n) is 7.93. The lowest BCUT2D eigenvalue weighted by molar-refractivity contribution is -0.384. The topological polar surface area (TPSA) is 58.4 Å². The van der Waals surface area contributed by atoms with Crippen LogP contribution >= 0.6 is 0 Å². The summed E-state index contributed by atoms with van der Waals surface area (Å²) >= 11 is 0. The molecule has 1 heterocycles. The molecule has 1 aliphatic carbocycles. The van der Waals surface area contributed by atoms with Gasteiger partial charge in [-0.05, 0) is 37.7 Å². The molecule has 5 heteroatoms. The van der Waals surface area contributed by atoms with Gasteiger partial charge in [0.05, 0.1) is 4.92 Å². The highest BCUT2D eigenvalue weighted by molar-refractivity contribution is 5.65. The van der Waals surface area contributed by atoms with E-state index in [0.717, 1.165) is 23.8 Å². The van der Waals surface area contributed by atoms with Gasteiger partial charge in [-0.1, -0.05) is 12.8 Å². The number of nitro benzene ring substituents is 1. The number of anilines is 2. The van der Waals surface area contributed by atoms with Crippen molar-refractivity contribution >= 4 is 17.1 Å². The van der Waals surface area contributed by atoms with Crippen molar-refractivity contribution in [3.05, 3.63) is 28.3 Å². The highest BCUT2D eigenvalue weighted by atomic mass is 16.6. The van der Waals surface area contributed by atoms with Crippen molar-refractivity contribution in [1.29, 1.82) is 0 Å². The number of benzene rings is 1. The zero-order chi connectivity index (χ0) is 14.8. The SMILES string of the molecule is CNc1cc(N2CCC[C@H]3CCCC[C@H]32)cc([N+](=O)[O-])c1. The third-order valence-corrected chi connectivity index (χ3v) is 4.98.